The van der Waals surface area contributed by atoms with Crippen molar-refractivity contribution < 1.29 is 22.7 Å². The van der Waals surface area contributed by atoms with E-state index in [0.717, 1.165) is 12.1 Å². The molecule has 10 heteroatoms. The fourth-order valence-corrected chi connectivity index (χ4v) is 2.48. The summed E-state index contributed by atoms with van der Waals surface area (Å²) in [6.07, 6.45) is -4.78. The third-order valence-corrected chi connectivity index (χ3v) is 4.12. The number of aromatic amines is 1. The van der Waals surface area contributed by atoms with Crippen LogP contribution in [0.25, 0.3) is 11.3 Å². The van der Waals surface area contributed by atoms with Crippen molar-refractivity contribution >= 4 is 34.8 Å². The number of hydrogen-bond acceptors (Lipinski definition) is 3. The van der Waals surface area contributed by atoms with E-state index >= 15 is 0 Å². The van der Waals surface area contributed by atoms with Crippen molar-refractivity contribution in [3.63, 3.8) is 0 Å². The van der Waals surface area contributed by atoms with E-state index in [1.165, 1.54) is 18.2 Å². The number of anilines is 1. The molecule has 1 aromatic heterocycles. The number of alkyl halides is 3. The molecule has 0 saturated heterocycles. The fourth-order valence-electron chi connectivity index (χ4n) is 2.18. The molecule has 1 heterocycles. The standard InChI is InChI=1S/C17H10Cl2F3N3O2/c18-12-6-1-9(7-13(12)19)14-8-15(25-24-14)16(26)23-10-2-4-11(5-3-10)27-17(20,21)22/h1-8H,(H,23,26)(H,24,25). The number of aromatic nitrogens is 2. The summed E-state index contributed by atoms with van der Waals surface area (Å²) in [6.45, 7) is 0. The maximum absolute atomic E-state index is 12.3. The van der Waals surface area contributed by atoms with Crippen LogP contribution in [0.15, 0.2) is 48.5 Å². The summed E-state index contributed by atoms with van der Waals surface area (Å²) >= 11 is 11.8. The Hall–Kier alpha value is -2.71. The number of nitrogens with one attached hydrogen (secondary N) is 2. The summed E-state index contributed by atoms with van der Waals surface area (Å²) in [5.74, 6) is -0.901. The maximum atomic E-state index is 12.3. The van der Waals surface area contributed by atoms with Crippen molar-refractivity contribution in [3.05, 3.63) is 64.3 Å². The molecular weight excluding hydrogens is 406 g/mol. The minimum atomic E-state index is -4.78. The monoisotopic (exact) mass is 415 g/mol. The van der Waals surface area contributed by atoms with Gasteiger partial charge in [0.25, 0.3) is 5.91 Å². The summed E-state index contributed by atoms with van der Waals surface area (Å²) in [7, 11) is 0. The van der Waals surface area contributed by atoms with Crippen LogP contribution in [0.2, 0.25) is 10.0 Å². The second-order valence-electron chi connectivity index (χ2n) is 5.32. The summed E-state index contributed by atoms with van der Waals surface area (Å²) in [4.78, 5) is 12.3. The topological polar surface area (TPSA) is 67.0 Å². The van der Waals surface area contributed by atoms with Gasteiger partial charge in [-0.2, -0.15) is 5.10 Å². The van der Waals surface area contributed by atoms with Crippen LogP contribution in [0.4, 0.5) is 18.9 Å². The summed E-state index contributed by atoms with van der Waals surface area (Å²) in [5, 5.41) is 9.92. The van der Waals surface area contributed by atoms with Gasteiger partial charge in [-0.15, -0.1) is 13.2 Å². The molecule has 5 nitrogen and oxygen atoms in total. The molecule has 27 heavy (non-hydrogen) atoms. The smallest absolute Gasteiger partial charge is 0.406 e. The molecule has 0 aliphatic heterocycles. The van der Waals surface area contributed by atoms with Gasteiger partial charge in [0, 0.05) is 11.3 Å². The zero-order valence-electron chi connectivity index (χ0n) is 13.3. The highest BCUT2D eigenvalue weighted by atomic mass is 35.5. The first-order chi connectivity index (χ1) is 12.7. The highest BCUT2D eigenvalue weighted by molar-refractivity contribution is 6.42. The van der Waals surface area contributed by atoms with Crippen LogP contribution < -0.4 is 10.1 Å². The Labute approximate surface area is 161 Å². The second-order valence-corrected chi connectivity index (χ2v) is 6.14. The molecule has 3 rings (SSSR count). The first-order valence-electron chi connectivity index (χ1n) is 7.39. The zero-order chi connectivity index (χ0) is 19.6. The van der Waals surface area contributed by atoms with Gasteiger partial charge in [-0.25, -0.2) is 0 Å². The summed E-state index contributed by atoms with van der Waals surface area (Å²) in [6, 6.07) is 11.2. The Bertz CT molecular complexity index is 972. The molecule has 0 radical (unpaired) electrons. The number of amides is 1. The van der Waals surface area contributed by atoms with Gasteiger partial charge >= 0.3 is 6.36 Å². The number of nitrogens with zero attached hydrogens (tertiary/aromatic N) is 1. The predicted molar refractivity (Wildman–Crippen MR) is 95.1 cm³/mol. The van der Waals surface area contributed by atoms with Crippen LogP contribution in [-0.2, 0) is 0 Å². The number of hydrogen-bond donors (Lipinski definition) is 2. The molecule has 2 aromatic carbocycles. The van der Waals surface area contributed by atoms with E-state index in [1.54, 1.807) is 18.2 Å². The highest BCUT2D eigenvalue weighted by Crippen LogP contribution is 2.28. The van der Waals surface area contributed by atoms with Gasteiger partial charge in [0.2, 0.25) is 0 Å². The van der Waals surface area contributed by atoms with Crippen LogP contribution in [0, 0.1) is 0 Å². The van der Waals surface area contributed by atoms with Gasteiger partial charge < -0.3 is 10.1 Å². The lowest BCUT2D eigenvalue weighted by Gasteiger charge is -2.09. The van der Waals surface area contributed by atoms with Crippen LogP contribution in [0.5, 0.6) is 5.75 Å². The van der Waals surface area contributed by atoms with E-state index in [4.69, 9.17) is 23.2 Å². The summed E-state index contributed by atoms with van der Waals surface area (Å²) < 4.78 is 40.2. The van der Waals surface area contributed by atoms with Crippen molar-refractivity contribution in [2.24, 2.45) is 0 Å². The number of carbonyl (C=O) groups excluding carboxylic acids is 1. The SMILES string of the molecule is O=C(Nc1ccc(OC(F)(F)F)cc1)c1cc(-c2ccc(Cl)c(Cl)c2)n[nH]1. The predicted octanol–water partition coefficient (Wildman–Crippen LogP) is 5.53. The molecule has 0 bridgehead atoms. The molecule has 0 fully saturated rings. The Morgan fingerprint density at radius 3 is 2.37 bits per heavy atom. The molecule has 140 valence electrons. The van der Waals surface area contributed by atoms with Crippen molar-refractivity contribution in [3.8, 4) is 17.0 Å². The maximum Gasteiger partial charge on any atom is 0.573 e. The van der Waals surface area contributed by atoms with E-state index in [9.17, 15) is 18.0 Å². The number of benzene rings is 2. The van der Waals surface area contributed by atoms with Gasteiger partial charge in [0.05, 0.1) is 15.7 Å². The number of carbonyl (C=O) groups is 1. The lowest BCUT2D eigenvalue weighted by atomic mass is 10.1. The molecule has 0 spiro atoms. The Morgan fingerprint density at radius 1 is 1.04 bits per heavy atom. The number of H-pyrrole nitrogens is 1. The normalized spacial score (nSPS) is 11.3. The largest absolute Gasteiger partial charge is 0.573 e. The Morgan fingerprint density at radius 2 is 1.74 bits per heavy atom. The molecule has 0 unspecified atom stereocenters. The summed E-state index contributed by atoms with van der Waals surface area (Å²) in [5.41, 5.74) is 1.59. The van der Waals surface area contributed by atoms with Crippen LogP contribution in [0.1, 0.15) is 10.5 Å². The van der Waals surface area contributed by atoms with Crippen LogP contribution in [0.3, 0.4) is 0 Å². The number of halogens is 5. The van der Waals surface area contributed by atoms with E-state index in [-0.39, 0.29) is 11.4 Å². The molecule has 2 N–H and O–H groups in total. The average Bonchev–Trinajstić information content (AvgIpc) is 3.08. The van der Waals surface area contributed by atoms with Gasteiger partial charge in [-0.05, 0) is 42.5 Å². The van der Waals surface area contributed by atoms with Gasteiger partial charge in [0.15, 0.2) is 0 Å². The first kappa shape index (κ1) is 19.1. The number of ether oxygens (including phenoxy) is 1. The van der Waals surface area contributed by atoms with Gasteiger partial charge in [-0.3, -0.25) is 9.89 Å². The van der Waals surface area contributed by atoms with Crippen LogP contribution in [-0.4, -0.2) is 22.5 Å². The van der Waals surface area contributed by atoms with E-state index in [0.29, 0.717) is 27.0 Å². The van der Waals surface area contributed by atoms with E-state index in [2.05, 4.69) is 20.3 Å². The third kappa shape index (κ3) is 4.93. The van der Waals surface area contributed by atoms with Crippen LogP contribution >= 0.6 is 23.2 Å². The highest BCUT2D eigenvalue weighted by Gasteiger charge is 2.31. The van der Waals surface area contributed by atoms with E-state index in [1.807, 2.05) is 0 Å². The third-order valence-electron chi connectivity index (χ3n) is 3.38. The molecule has 1 amide bonds. The molecule has 0 aliphatic carbocycles. The molecule has 0 atom stereocenters. The molecular formula is C17H10Cl2F3N3O2. The molecule has 3 aromatic rings. The lowest BCUT2D eigenvalue weighted by molar-refractivity contribution is -0.274. The first-order valence-corrected chi connectivity index (χ1v) is 8.15. The van der Waals surface area contributed by atoms with Crippen molar-refractivity contribution in [1.82, 2.24) is 10.2 Å². The Kier molecular flexibility index (Phi) is 5.29. The lowest BCUT2D eigenvalue weighted by Crippen LogP contribution is -2.17. The van der Waals surface area contributed by atoms with Gasteiger partial charge in [0.1, 0.15) is 11.4 Å². The second kappa shape index (κ2) is 7.50. The van der Waals surface area contributed by atoms with E-state index < -0.39 is 12.3 Å². The average molecular weight is 416 g/mol. The molecule has 0 saturated carbocycles. The van der Waals surface area contributed by atoms with Crippen molar-refractivity contribution in [2.45, 2.75) is 6.36 Å². The minimum absolute atomic E-state index is 0.159. The van der Waals surface area contributed by atoms with Gasteiger partial charge in [-0.1, -0.05) is 29.3 Å². The zero-order valence-corrected chi connectivity index (χ0v) is 14.8. The Balaban J connectivity index is 1.70. The quantitative estimate of drug-likeness (QED) is 0.588. The fraction of sp³-hybridized carbons (Fsp3) is 0.0588. The number of rotatable bonds is 4. The molecule has 0 aliphatic rings. The van der Waals surface area contributed by atoms with Crippen molar-refractivity contribution in [2.75, 3.05) is 5.32 Å². The van der Waals surface area contributed by atoms with Crippen molar-refractivity contribution in [1.29, 1.82) is 0 Å². The minimum Gasteiger partial charge on any atom is -0.406 e.